The number of aromatic nitrogens is 2. The number of benzene rings is 3. The van der Waals surface area contributed by atoms with Crippen LogP contribution in [0.5, 0.6) is 5.75 Å². The van der Waals surface area contributed by atoms with Crippen molar-refractivity contribution >= 4 is 29.1 Å². The van der Waals surface area contributed by atoms with Gasteiger partial charge in [-0.15, -0.1) is 11.3 Å². The van der Waals surface area contributed by atoms with Gasteiger partial charge < -0.3 is 20.5 Å². The summed E-state index contributed by atoms with van der Waals surface area (Å²) in [5.41, 5.74) is 4.28. The van der Waals surface area contributed by atoms with Crippen molar-refractivity contribution in [2.45, 2.75) is 96.6 Å². The van der Waals surface area contributed by atoms with E-state index in [4.69, 9.17) is 4.74 Å². The highest BCUT2D eigenvalue weighted by Gasteiger charge is 2.27. The number of aliphatic carboxylic acids is 1. The van der Waals surface area contributed by atoms with Crippen LogP contribution in [0.15, 0.2) is 103 Å². The first-order valence-corrected chi connectivity index (χ1v) is 19.9. The molecule has 2 aromatic heterocycles. The Kier molecular flexibility index (Phi) is 14.7. The normalized spacial score (nSPS) is 12.4. The molecule has 55 heavy (non-hydrogen) atoms. The van der Waals surface area contributed by atoms with Crippen LogP contribution in [0.3, 0.4) is 0 Å². The first kappa shape index (κ1) is 40.8. The molecule has 2 amide bonds. The summed E-state index contributed by atoms with van der Waals surface area (Å²) in [4.78, 5) is 50.0. The van der Waals surface area contributed by atoms with Gasteiger partial charge in [0.1, 0.15) is 11.8 Å². The zero-order valence-corrected chi connectivity index (χ0v) is 33.0. The maximum Gasteiger partial charge on any atom is 0.305 e. The van der Waals surface area contributed by atoms with Gasteiger partial charge in [0, 0.05) is 40.9 Å². The van der Waals surface area contributed by atoms with E-state index in [-0.39, 0.29) is 24.2 Å². The van der Waals surface area contributed by atoms with Crippen molar-refractivity contribution in [1.29, 1.82) is 0 Å². The highest BCUT2D eigenvalue weighted by atomic mass is 32.1. The number of carbonyl (C=O) groups is 3. The molecule has 5 aromatic rings. The fourth-order valence-corrected chi connectivity index (χ4v) is 7.14. The molecular weight excluding hydrogens is 709 g/mol. The minimum atomic E-state index is -1.02. The molecule has 0 fully saturated rings. The lowest BCUT2D eigenvalue weighted by Gasteiger charge is -2.23. The molecule has 0 aliphatic carbocycles. The predicted molar refractivity (Wildman–Crippen MR) is 219 cm³/mol. The molecule has 0 spiro atoms. The molecule has 0 aliphatic rings. The number of nitrogens with one attached hydrogen (secondary N) is 2. The second-order valence-corrected chi connectivity index (χ2v) is 16.0. The molecular formula is C45H52N4O5S. The van der Waals surface area contributed by atoms with Crippen LogP contribution in [0.2, 0.25) is 0 Å². The highest BCUT2D eigenvalue weighted by molar-refractivity contribution is 7.14. The van der Waals surface area contributed by atoms with E-state index < -0.39 is 24.0 Å². The lowest BCUT2D eigenvalue weighted by Crippen LogP contribution is -2.51. The summed E-state index contributed by atoms with van der Waals surface area (Å²) in [7, 11) is 0. The molecule has 0 aliphatic heterocycles. The van der Waals surface area contributed by atoms with Gasteiger partial charge in [0.2, 0.25) is 5.91 Å². The molecule has 3 aromatic carbocycles. The van der Waals surface area contributed by atoms with E-state index in [9.17, 15) is 19.5 Å². The van der Waals surface area contributed by atoms with Crippen molar-refractivity contribution in [1.82, 2.24) is 20.6 Å². The molecule has 10 heteroatoms. The Morgan fingerprint density at radius 3 is 2.04 bits per heavy atom. The smallest absolute Gasteiger partial charge is 0.305 e. The number of hydrogen-bond acceptors (Lipinski definition) is 7. The van der Waals surface area contributed by atoms with Gasteiger partial charge in [-0.2, -0.15) is 0 Å². The average Bonchev–Trinajstić information content (AvgIpc) is 3.69. The fourth-order valence-electron chi connectivity index (χ4n) is 6.18. The third kappa shape index (κ3) is 12.6. The van der Waals surface area contributed by atoms with Crippen molar-refractivity contribution in [3.8, 4) is 28.3 Å². The van der Waals surface area contributed by atoms with Gasteiger partial charge in [-0.3, -0.25) is 14.4 Å². The first-order valence-electron chi connectivity index (χ1n) is 19.1. The van der Waals surface area contributed by atoms with Gasteiger partial charge in [-0.05, 0) is 59.2 Å². The zero-order chi connectivity index (χ0) is 39.2. The third-order valence-corrected chi connectivity index (χ3v) is 10.8. The number of unbranched alkanes of at least 4 members (excludes halogenated alkanes) is 4. The van der Waals surface area contributed by atoms with Crippen LogP contribution in [-0.2, 0) is 27.8 Å². The number of carboxylic acid groups (broad SMARTS) is 1. The van der Waals surface area contributed by atoms with E-state index in [0.29, 0.717) is 17.1 Å². The second kappa shape index (κ2) is 19.8. The summed E-state index contributed by atoms with van der Waals surface area (Å²) < 4.78 is 5.91. The van der Waals surface area contributed by atoms with Crippen LogP contribution in [0.1, 0.15) is 91.9 Å². The molecule has 9 nitrogen and oxygen atoms in total. The maximum atomic E-state index is 13.9. The first-order chi connectivity index (χ1) is 26.5. The van der Waals surface area contributed by atoms with Crippen LogP contribution in [-0.4, -0.2) is 51.5 Å². The average molecular weight is 761 g/mol. The molecule has 3 N–H and O–H groups in total. The highest BCUT2D eigenvalue weighted by Crippen LogP contribution is 2.30. The zero-order valence-electron chi connectivity index (χ0n) is 32.2. The Morgan fingerprint density at radius 1 is 0.745 bits per heavy atom. The molecule has 0 radical (unpaired) electrons. The Labute approximate surface area is 328 Å². The number of amides is 2. The van der Waals surface area contributed by atoms with Crippen molar-refractivity contribution in [3.05, 3.63) is 124 Å². The van der Waals surface area contributed by atoms with Crippen molar-refractivity contribution in [3.63, 3.8) is 0 Å². The monoisotopic (exact) mass is 760 g/mol. The molecule has 5 rings (SSSR count). The number of thiophene rings is 1. The molecule has 0 bridgehead atoms. The Balaban J connectivity index is 1.26. The number of rotatable bonds is 19. The van der Waals surface area contributed by atoms with E-state index in [1.54, 1.807) is 18.5 Å². The SMILES string of the molecule is CCCCCCCOc1ccc(-c2cnc(-c3ccc(C[C@H](NC(=O)c4ccc(C(C)(C)C)s4)C(=O)N[C@H](CC(=O)O)Cc4ccccc4)cc3)nc2)cc1. The molecule has 2 atom stereocenters. The fraction of sp³-hybridized carbons (Fsp3) is 0.356. The summed E-state index contributed by atoms with van der Waals surface area (Å²) in [5, 5.41) is 15.5. The summed E-state index contributed by atoms with van der Waals surface area (Å²) in [6.45, 7) is 9.19. The van der Waals surface area contributed by atoms with Crippen LogP contribution < -0.4 is 15.4 Å². The Bertz CT molecular complexity index is 1970. The summed E-state index contributed by atoms with van der Waals surface area (Å²) in [5.74, 6) is -0.417. The minimum Gasteiger partial charge on any atom is -0.494 e. The van der Waals surface area contributed by atoms with Gasteiger partial charge in [-0.1, -0.05) is 120 Å². The number of nitrogens with zero attached hydrogens (tertiary/aromatic N) is 2. The van der Waals surface area contributed by atoms with Gasteiger partial charge in [0.25, 0.3) is 5.91 Å². The quantitative estimate of drug-likeness (QED) is 0.0716. The number of hydrogen-bond donors (Lipinski definition) is 3. The van der Waals surface area contributed by atoms with Crippen LogP contribution in [0.25, 0.3) is 22.5 Å². The van der Waals surface area contributed by atoms with Gasteiger partial charge in [0.05, 0.1) is 17.9 Å². The molecule has 0 unspecified atom stereocenters. The Hall–Kier alpha value is -5.35. The number of carboxylic acids is 1. The van der Waals surface area contributed by atoms with E-state index in [2.05, 4.69) is 48.3 Å². The van der Waals surface area contributed by atoms with Crippen LogP contribution in [0, 0.1) is 0 Å². The predicted octanol–water partition coefficient (Wildman–Crippen LogP) is 9.06. The molecule has 2 heterocycles. The van der Waals surface area contributed by atoms with E-state index in [1.165, 1.54) is 37.0 Å². The third-order valence-electron chi connectivity index (χ3n) is 9.29. The standard InChI is InChI=1S/C45H52N4O5S/c1-5-6-7-8-12-25-54-37-21-19-33(20-22-37)35-29-46-42(47-30-35)34-17-15-32(16-18-34)27-38(49-44(53)39-23-24-40(55-39)45(2,3)4)43(52)48-36(28-41(50)51)26-31-13-10-9-11-14-31/h9-11,13-24,29-30,36,38H,5-8,12,25-28H2,1-4H3,(H,48,52)(H,49,53)(H,50,51)/t36-,38-/m0/s1. The van der Waals surface area contributed by atoms with E-state index >= 15 is 0 Å². The van der Waals surface area contributed by atoms with E-state index in [0.717, 1.165) is 51.5 Å². The molecule has 0 saturated carbocycles. The minimum absolute atomic E-state index is 0.124. The van der Waals surface area contributed by atoms with E-state index in [1.807, 2.05) is 84.9 Å². The van der Waals surface area contributed by atoms with Crippen LogP contribution in [0.4, 0.5) is 0 Å². The lowest BCUT2D eigenvalue weighted by molar-refractivity contribution is -0.137. The second-order valence-electron chi connectivity index (χ2n) is 14.9. The summed E-state index contributed by atoms with van der Waals surface area (Å²) in [6, 6.07) is 27.1. The van der Waals surface area contributed by atoms with Crippen molar-refractivity contribution < 1.29 is 24.2 Å². The Morgan fingerprint density at radius 2 is 1.40 bits per heavy atom. The largest absolute Gasteiger partial charge is 0.494 e. The van der Waals surface area contributed by atoms with Gasteiger partial charge in [-0.25, -0.2) is 9.97 Å². The molecule has 0 saturated heterocycles. The lowest BCUT2D eigenvalue weighted by atomic mass is 9.95. The number of carbonyl (C=O) groups excluding carboxylic acids is 2. The summed E-state index contributed by atoms with van der Waals surface area (Å²) in [6.07, 6.45) is 9.88. The van der Waals surface area contributed by atoms with Gasteiger partial charge >= 0.3 is 5.97 Å². The topological polar surface area (TPSA) is 131 Å². The van der Waals surface area contributed by atoms with Gasteiger partial charge in [0.15, 0.2) is 5.82 Å². The van der Waals surface area contributed by atoms with Crippen LogP contribution >= 0.6 is 11.3 Å². The summed E-state index contributed by atoms with van der Waals surface area (Å²) >= 11 is 1.40. The maximum absolute atomic E-state index is 13.9. The van der Waals surface area contributed by atoms with Crippen molar-refractivity contribution in [2.24, 2.45) is 0 Å². The van der Waals surface area contributed by atoms with Crippen molar-refractivity contribution in [2.75, 3.05) is 6.61 Å². The molecule has 288 valence electrons. The number of ether oxygens (including phenoxy) is 1.